The van der Waals surface area contributed by atoms with Crippen molar-refractivity contribution in [3.63, 3.8) is 0 Å². The first-order chi connectivity index (χ1) is 7.43. The Bertz CT molecular complexity index is 209. The predicted octanol–water partition coefficient (Wildman–Crippen LogP) is 0.518. The molecule has 0 radical (unpaired) electrons. The lowest BCUT2D eigenvalue weighted by molar-refractivity contribution is 0.135. The van der Waals surface area contributed by atoms with Crippen molar-refractivity contribution in [3.05, 3.63) is 0 Å². The fourth-order valence-corrected chi connectivity index (χ4v) is 3.21. The number of hydrogen-bond acceptors (Lipinski definition) is 3. The SMILES string of the molecule is C1CCN(C2CCN(C3CNC3)C2)CC1. The number of hydrogen-bond donors (Lipinski definition) is 1. The van der Waals surface area contributed by atoms with Gasteiger partial charge >= 0.3 is 0 Å². The van der Waals surface area contributed by atoms with Gasteiger partial charge in [-0.25, -0.2) is 0 Å². The predicted molar refractivity (Wildman–Crippen MR) is 62.1 cm³/mol. The zero-order valence-corrected chi connectivity index (χ0v) is 9.62. The van der Waals surface area contributed by atoms with Crippen molar-refractivity contribution in [2.24, 2.45) is 0 Å². The number of piperidine rings is 1. The third-order valence-corrected chi connectivity index (χ3v) is 4.38. The molecule has 3 aliphatic heterocycles. The van der Waals surface area contributed by atoms with Gasteiger partial charge in [-0.15, -0.1) is 0 Å². The summed E-state index contributed by atoms with van der Waals surface area (Å²) in [5, 5.41) is 3.38. The van der Waals surface area contributed by atoms with Crippen LogP contribution in [0, 0.1) is 0 Å². The van der Waals surface area contributed by atoms with Crippen molar-refractivity contribution in [2.45, 2.75) is 37.8 Å². The van der Waals surface area contributed by atoms with Crippen molar-refractivity contribution >= 4 is 0 Å². The maximum Gasteiger partial charge on any atom is 0.0346 e. The van der Waals surface area contributed by atoms with Gasteiger partial charge in [-0.05, 0) is 32.4 Å². The quantitative estimate of drug-likeness (QED) is 0.715. The molecule has 0 spiro atoms. The van der Waals surface area contributed by atoms with E-state index in [4.69, 9.17) is 0 Å². The molecule has 3 fully saturated rings. The Balaban J connectivity index is 1.51. The fraction of sp³-hybridized carbons (Fsp3) is 1.00. The molecule has 0 aromatic carbocycles. The van der Waals surface area contributed by atoms with Gasteiger partial charge in [0.05, 0.1) is 0 Å². The van der Waals surface area contributed by atoms with Gasteiger partial charge in [-0.3, -0.25) is 9.80 Å². The standard InChI is InChI=1S/C12H23N3/c1-2-5-14(6-3-1)11-4-7-15(10-11)12-8-13-9-12/h11-13H,1-10H2. The molecule has 1 N–H and O–H groups in total. The van der Waals surface area contributed by atoms with Gasteiger partial charge in [-0.2, -0.15) is 0 Å². The first-order valence-corrected chi connectivity index (χ1v) is 6.62. The lowest BCUT2D eigenvalue weighted by atomic mass is 10.1. The van der Waals surface area contributed by atoms with Crippen LogP contribution in [0.3, 0.4) is 0 Å². The van der Waals surface area contributed by atoms with E-state index < -0.39 is 0 Å². The maximum atomic E-state index is 3.38. The zero-order valence-electron chi connectivity index (χ0n) is 9.62. The van der Waals surface area contributed by atoms with E-state index in [1.807, 2.05) is 0 Å². The normalized spacial score (nSPS) is 35.6. The smallest absolute Gasteiger partial charge is 0.0346 e. The van der Waals surface area contributed by atoms with Gasteiger partial charge in [0.2, 0.25) is 0 Å². The van der Waals surface area contributed by atoms with Gasteiger partial charge in [0.25, 0.3) is 0 Å². The van der Waals surface area contributed by atoms with E-state index in [1.54, 1.807) is 0 Å². The average molecular weight is 209 g/mol. The number of likely N-dealkylation sites (tertiary alicyclic amines) is 2. The van der Waals surface area contributed by atoms with Crippen LogP contribution in [0.4, 0.5) is 0 Å². The van der Waals surface area contributed by atoms with Crippen LogP contribution in [0.2, 0.25) is 0 Å². The van der Waals surface area contributed by atoms with Crippen LogP contribution in [0.25, 0.3) is 0 Å². The molecule has 0 aliphatic carbocycles. The van der Waals surface area contributed by atoms with Crippen LogP contribution in [0.15, 0.2) is 0 Å². The van der Waals surface area contributed by atoms with E-state index in [0.29, 0.717) is 0 Å². The number of nitrogens with zero attached hydrogens (tertiary/aromatic N) is 2. The largest absolute Gasteiger partial charge is 0.314 e. The van der Waals surface area contributed by atoms with E-state index in [9.17, 15) is 0 Å². The molecule has 3 heterocycles. The Morgan fingerprint density at radius 3 is 2.27 bits per heavy atom. The van der Waals surface area contributed by atoms with Crippen molar-refractivity contribution in [3.8, 4) is 0 Å². The Morgan fingerprint density at radius 2 is 1.60 bits per heavy atom. The summed E-state index contributed by atoms with van der Waals surface area (Å²) in [6, 6.07) is 1.74. The van der Waals surface area contributed by atoms with Crippen LogP contribution >= 0.6 is 0 Å². The molecule has 3 heteroatoms. The number of nitrogens with one attached hydrogen (secondary N) is 1. The van der Waals surface area contributed by atoms with Crippen LogP contribution in [0.1, 0.15) is 25.7 Å². The molecule has 86 valence electrons. The van der Waals surface area contributed by atoms with Gasteiger partial charge < -0.3 is 5.32 Å². The summed E-state index contributed by atoms with van der Waals surface area (Å²) in [6.45, 7) is 7.86. The second-order valence-corrected chi connectivity index (χ2v) is 5.35. The summed E-state index contributed by atoms with van der Waals surface area (Å²) in [5.74, 6) is 0. The van der Waals surface area contributed by atoms with Crippen LogP contribution < -0.4 is 5.32 Å². The molecule has 15 heavy (non-hydrogen) atoms. The van der Waals surface area contributed by atoms with Crippen molar-refractivity contribution in [1.82, 2.24) is 15.1 Å². The van der Waals surface area contributed by atoms with Crippen LogP contribution in [-0.4, -0.2) is 61.2 Å². The summed E-state index contributed by atoms with van der Waals surface area (Å²) >= 11 is 0. The second kappa shape index (κ2) is 4.40. The fourth-order valence-electron chi connectivity index (χ4n) is 3.21. The lowest BCUT2D eigenvalue weighted by Gasteiger charge is -2.37. The zero-order chi connectivity index (χ0) is 10.1. The summed E-state index contributed by atoms with van der Waals surface area (Å²) in [7, 11) is 0. The third-order valence-electron chi connectivity index (χ3n) is 4.38. The van der Waals surface area contributed by atoms with E-state index in [-0.39, 0.29) is 0 Å². The highest BCUT2D eigenvalue weighted by atomic mass is 15.3. The molecule has 0 amide bonds. The Labute approximate surface area is 92.8 Å². The van der Waals surface area contributed by atoms with Crippen LogP contribution in [0.5, 0.6) is 0 Å². The van der Waals surface area contributed by atoms with E-state index in [0.717, 1.165) is 12.1 Å². The minimum Gasteiger partial charge on any atom is -0.314 e. The maximum absolute atomic E-state index is 3.38. The van der Waals surface area contributed by atoms with Gasteiger partial charge in [-0.1, -0.05) is 6.42 Å². The molecule has 1 unspecified atom stereocenters. The highest BCUT2D eigenvalue weighted by molar-refractivity contribution is 4.92. The first kappa shape index (κ1) is 10.1. The van der Waals surface area contributed by atoms with Gasteiger partial charge in [0.1, 0.15) is 0 Å². The van der Waals surface area contributed by atoms with E-state index in [2.05, 4.69) is 15.1 Å². The lowest BCUT2D eigenvalue weighted by Crippen LogP contribution is -2.57. The second-order valence-electron chi connectivity index (χ2n) is 5.35. The minimum absolute atomic E-state index is 0.861. The molecular weight excluding hydrogens is 186 g/mol. The Kier molecular flexibility index (Phi) is 2.95. The van der Waals surface area contributed by atoms with E-state index in [1.165, 1.54) is 65.0 Å². The summed E-state index contributed by atoms with van der Waals surface area (Å²) in [4.78, 5) is 5.45. The summed E-state index contributed by atoms with van der Waals surface area (Å²) in [5.41, 5.74) is 0. The van der Waals surface area contributed by atoms with Crippen LogP contribution in [-0.2, 0) is 0 Å². The molecule has 3 rings (SSSR count). The molecule has 0 aromatic rings. The molecule has 3 aliphatic rings. The summed E-state index contributed by atoms with van der Waals surface area (Å²) in [6.07, 6.45) is 5.74. The molecule has 0 aromatic heterocycles. The third kappa shape index (κ3) is 2.05. The topological polar surface area (TPSA) is 18.5 Å². The van der Waals surface area contributed by atoms with Crippen molar-refractivity contribution in [2.75, 3.05) is 39.3 Å². The molecule has 1 atom stereocenters. The highest BCUT2D eigenvalue weighted by Crippen LogP contribution is 2.22. The molecule has 0 bridgehead atoms. The first-order valence-electron chi connectivity index (χ1n) is 6.62. The molecule has 0 saturated carbocycles. The van der Waals surface area contributed by atoms with Gasteiger partial charge in [0.15, 0.2) is 0 Å². The van der Waals surface area contributed by atoms with Gasteiger partial charge in [0, 0.05) is 38.3 Å². The van der Waals surface area contributed by atoms with Crippen molar-refractivity contribution in [1.29, 1.82) is 0 Å². The van der Waals surface area contributed by atoms with Crippen molar-refractivity contribution < 1.29 is 0 Å². The Hall–Kier alpha value is -0.120. The monoisotopic (exact) mass is 209 g/mol. The molecule has 3 nitrogen and oxygen atoms in total. The summed E-state index contributed by atoms with van der Waals surface area (Å²) < 4.78 is 0. The average Bonchev–Trinajstić information content (AvgIpc) is 2.66. The van der Waals surface area contributed by atoms with E-state index >= 15 is 0 Å². The molecular formula is C12H23N3. The highest BCUT2D eigenvalue weighted by Gasteiger charge is 2.33. The Morgan fingerprint density at radius 1 is 0.800 bits per heavy atom. The molecule has 3 saturated heterocycles. The minimum atomic E-state index is 0.861. The number of rotatable bonds is 2.